The first-order valence-electron chi connectivity index (χ1n) is 7.76. The van der Waals surface area contributed by atoms with Crippen LogP contribution < -0.4 is 11.1 Å². The van der Waals surface area contributed by atoms with Gasteiger partial charge in [0, 0.05) is 6.04 Å². The molecule has 1 saturated carbocycles. The van der Waals surface area contributed by atoms with Crippen molar-refractivity contribution in [2.24, 2.45) is 11.7 Å². The predicted octanol–water partition coefficient (Wildman–Crippen LogP) is 3.45. The molecule has 0 spiro atoms. The summed E-state index contributed by atoms with van der Waals surface area (Å²) < 4.78 is 0. The first kappa shape index (κ1) is 15.0. The van der Waals surface area contributed by atoms with E-state index in [-0.39, 0.29) is 0 Å². The Labute approximate surface area is 108 Å². The molecule has 0 aliphatic heterocycles. The number of nitrogens with two attached hydrogens (primary N) is 1. The average molecular weight is 240 g/mol. The van der Waals surface area contributed by atoms with Crippen molar-refractivity contribution in [1.29, 1.82) is 0 Å². The molecule has 1 rings (SSSR count). The molecule has 0 bridgehead atoms. The van der Waals surface area contributed by atoms with Gasteiger partial charge in [-0.2, -0.15) is 0 Å². The van der Waals surface area contributed by atoms with Gasteiger partial charge in [0.2, 0.25) is 0 Å². The fourth-order valence-electron chi connectivity index (χ4n) is 2.80. The van der Waals surface area contributed by atoms with Crippen LogP contribution in [0, 0.1) is 5.92 Å². The van der Waals surface area contributed by atoms with Crippen molar-refractivity contribution in [1.82, 2.24) is 5.32 Å². The number of nitrogens with one attached hydrogen (secondary N) is 1. The second-order valence-electron chi connectivity index (χ2n) is 5.82. The molecular formula is C15H32N2. The molecule has 0 heterocycles. The third-order valence-corrected chi connectivity index (χ3v) is 4.07. The summed E-state index contributed by atoms with van der Waals surface area (Å²) >= 11 is 0. The topological polar surface area (TPSA) is 38.0 Å². The van der Waals surface area contributed by atoms with Crippen LogP contribution in [0.2, 0.25) is 0 Å². The van der Waals surface area contributed by atoms with Gasteiger partial charge in [-0.1, -0.05) is 39.0 Å². The van der Waals surface area contributed by atoms with Crippen LogP contribution in [0.15, 0.2) is 0 Å². The molecule has 102 valence electrons. The van der Waals surface area contributed by atoms with E-state index in [2.05, 4.69) is 12.2 Å². The Morgan fingerprint density at radius 3 is 2.53 bits per heavy atom. The maximum absolute atomic E-state index is 5.48. The molecule has 2 heteroatoms. The summed E-state index contributed by atoms with van der Waals surface area (Å²) in [6.45, 7) is 4.49. The van der Waals surface area contributed by atoms with E-state index in [1.807, 2.05) is 0 Å². The lowest BCUT2D eigenvalue weighted by Crippen LogP contribution is -2.29. The van der Waals surface area contributed by atoms with Crippen molar-refractivity contribution in [3.05, 3.63) is 0 Å². The molecule has 17 heavy (non-hydrogen) atoms. The van der Waals surface area contributed by atoms with E-state index in [9.17, 15) is 0 Å². The second kappa shape index (κ2) is 9.90. The molecule has 2 atom stereocenters. The van der Waals surface area contributed by atoms with Gasteiger partial charge in [0.05, 0.1) is 0 Å². The Hall–Kier alpha value is -0.0800. The lowest BCUT2D eigenvalue weighted by Gasteiger charge is -2.16. The minimum absolute atomic E-state index is 0.809. The first-order chi connectivity index (χ1) is 8.33. The van der Waals surface area contributed by atoms with Crippen LogP contribution in [-0.2, 0) is 0 Å². The van der Waals surface area contributed by atoms with E-state index in [1.54, 1.807) is 0 Å². The predicted molar refractivity (Wildman–Crippen MR) is 76.2 cm³/mol. The van der Waals surface area contributed by atoms with E-state index in [4.69, 9.17) is 5.73 Å². The molecule has 1 aliphatic rings. The summed E-state index contributed by atoms with van der Waals surface area (Å²) in [6, 6.07) is 0.809. The van der Waals surface area contributed by atoms with Gasteiger partial charge in [0.25, 0.3) is 0 Å². The van der Waals surface area contributed by atoms with Crippen molar-refractivity contribution in [2.75, 3.05) is 13.1 Å². The third kappa shape index (κ3) is 7.77. The monoisotopic (exact) mass is 240 g/mol. The van der Waals surface area contributed by atoms with Crippen molar-refractivity contribution < 1.29 is 0 Å². The van der Waals surface area contributed by atoms with E-state index in [1.165, 1.54) is 70.8 Å². The smallest absolute Gasteiger partial charge is 0.00671 e. The van der Waals surface area contributed by atoms with Crippen molar-refractivity contribution >= 4 is 0 Å². The summed E-state index contributed by atoms with van der Waals surface area (Å²) in [5.74, 6) is 0.957. The molecule has 0 aromatic carbocycles. The molecule has 0 saturated heterocycles. The maximum atomic E-state index is 5.48. The molecule has 1 fully saturated rings. The molecule has 3 N–H and O–H groups in total. The summed E-state index contributed by atoms with van der Waals surface area (Å²) in [7, 11) is 0. The fraction of sp³-hybridized carbons (Fsp3) is 1.00. The van der Waals surface area contributed by atoms with E-state index in [0.29, 0.717) is 0 Å². The fourth-order valence-corrected chi connectivity index (χ4v) is 2.80. The Morgan fingerprint density at radius 1 is 0.941 bits per heavy atom. The van der Waals surface area contributed by atoms with Gasteiger partial charge in [0.15, 0.2) is 0 Å². The highest BCUT2D eigenvalue weighted by Crippen LogP contribution is 2.22. The molecule has 1 aliphatic carbocycles. The normalized spacial score (nSPS) is 25.8. The van der Waals surface area contributed by atoms with Gasteiger partial charge in [-0.15, -0.1) is 0 Å². The Morgan fingerprint density at radius 2 is 1.71 bits per heavy atom. The van der Waals surface area contributed by atoms with Crippen LogP contribution in [0.3, 0.4) is 0 Å². The summed E-state index contributed by atoms with van der Waals surface area (Å²) in [5.41, 5.74) is 5.48. The average Bonchev–Trinajstić information content (AvgIpc) is 2.53. The lowest BCUT2D eigenvalue weighted by atomic mass is 10.0. The molecule has 2 nitrogen and oxygen atoms in total. The molecule has 0 aromatic heterocycles. The van der Waals surface area contributed by atoms with Crippen LogP contribution in [-0.4, -0.2) is 19.1 Å². The van der Waals surface area contributed by atoms with Crippen molar-refractivity contribution in [2.45, 2.75) is 77.2 Å². The minimum Gasteiger partial charge on any atom is -0.330 e. The van der Waals surface area contributed by atoms with E-state index < -0.39 is 0 Å². The number of unbranched alkanes of at least 4 members (excludes halogenated alkanes) is 4. The van der Waals surface area contributed by atoms with Crippen LogP contribution in [0.5, 0.6) is 0 Å². The Balaban J connectivity index is 1.91. The molecule has 0 aromatic rings. The molecule has 0 amide bonds. The largest absolute Gasteiger partial charge is 0.330 e. The van der Waals surface area contributed by atoms with E-state index >= 15 is 0 Å². The number of hydrogen-bond donors (Lipinski definition) is 2. The Kier molecular flexibility index (Phi) is 8.72. The zero-order valence-corrected chi connectivity index (χ0v) is 11.7. The van der Waals surface area contributed by atoms with Gasteiger partial charge in [0.1, 0.15) is 0 Å². The van der Waals surface area contributed by atoms with Crippen LogP contribution in [0.1, 0.15) is 71.1 Å². The van der Waals surface area contributed by atoms with Crippen molar-refractivity contribution in [3.8, 4) is 0 Å². The minimum atomic E-state index is 0.809. The zero-order valence-electron chi connectivity index (χ0n) is 11.7. The van der Waals surface area contributed by atoms with Gasteiger partial charge in [-0.05, 0) is 51.1 Å². The summed E-state index contributed by atoms with van der Waals surface area (Å²) in [4.78, 5) is 0. The zero-order chi connectivity index (χ0) is 12.3. The van der Waals surface area contributed by atoms with Gasteiger partial charge in [-0.25, -0.2) is 0 Å². The highest BCUT2D eigenvalue weighted by atomic mass is 14.9. The molecule has 0 radical (unpaired) electrons. The van der Waals surface area contributed by atoms with Gasteiger partial charge >= 0.3 is 0 Å². The van der Waals surface area contributed by atoms with Crippen LogP contribution >= 0.6 is 0 Å². The number of rotatable bonds is 8. The Bertz CT molecular complexity index is 170. The summed E-state index contributed by atoms with van der Waals surface area (Å²) in [5, 5.41) is 3.75. The van der Waals surface area contributed by atoms with Gasteiger partial charge < -0.3 is 11.1 Å². The van der Waals surface area contributed by atoms with Gasteiger partial charge in [-0.3, -0.25) is 0 Å². The third-order valence-electron chi connectivity index (χ3n) is 4.07. The number of hydrogen-bond acceptors (Lipinski definition) is 2. The first-order valence-corrected chi connectivity index (χ1v) is 7.76. The standard InChI is InChI=1S/C15H32N2/c1-14-8-7-9-15(11-10-14)17-13-6-4-2-3-5-12-16/h14-15,17H,2-13,16H2,1H3. The molecule has 2 unspecified atom stereocenters. The highest BCUT2D eigenvalue weighted by Gasteiger charge is 2.14. The van der Waals surface area contributed by atoms with E-state index in [0.717, 1.165) is 18.5 Å². The highest BCUT2D eigenvalue weighted by molar-refractivity contribution is 4.73. The quantitative estimate of drug-likeness (QED) is 0.504. The van der Waals surface area contributed by atoms with Crippen molar-refractivity contribution in [3.63, 3.8) is 0 Å². The second-order valence-corrected chi connectivity index (χ2v) is 5.82. The lowest BCUT2D eigenvalue weighted by molar-refractivity contribution is 0.439. The summed E-state index contributed by atoms with van der Waals surface area (Å²) in [6.07, 6.45) is 13.7. The van der Waals surface area contributed by atoms with Crippen LogP contribution in [0.4, 0.5) is 0 Å². The van der Waals surface area contributed by atoms with Crippen LogP contribution in [0.25, 0.3) is 0 Å². The maximum Gasteiger partial charge on any atom is 0.00671 e. The molecular weight excluding hydrogens is 208 g/mol. The SMILES string of the molecule is CC1CCCC(NCCCCCCCN)CC1.